The molecule has 5 nitrogen and oxygen atoms in total. The topological polar surface area (TPSA) is 73.6 Å². The van der Waals surface area contributed by atoms with Crippen molar-refractivity contribution in [2.45, 2.75) is 13.3 Å². The third kappa shape index (κ3) is 4.19. The van der Waals surface area contributed by atoms with E-state index >= 15 is 0 Å². The highest BCUT2D eigenvalue weighted by atomic mass is 79.9. The Kier molecular flexibility index (Phi) is 4.71. The van der Waals surface area contributed by atoms with Crippen LogP contribution in [0.4, 0.5) is 11.6 Å². The summed E-state index contributed by atoms with van der Waals surface area (Å²) in [4.78, 5) is 9.69. The van der Waals surface area contributed by atoms with Crippen molar-refractivity contribution >= 4 is 38.9 Å². The van der Waals surface area contributed by atoms with E-state index in [0.717, 1.165) is 23.3 Å². The molecule has 0 amide bonds. The zero-order valence-electron chi connectivity index (χ0n) is 10.3. The second-order valence-corrected chi connectivity index (χ2v) is 5.74. The molecule has 7 heteroatoms. The number of nitrogens with zero attached hydrogens (tertiary/aromatic N) is 3. The molecule has 98 valence electrons. The van der Waals surface area contributed by atoms with Crippen molar-refractivity contribution in [2.75, 3.05) is 17.2 Å². The van der Waals surface area contributed by atoms with E-state index in [4.69, 9.17) is 5.26 Å². The van der Waals surface area contributed by atoms with Gasteiger partial charge in [0.15, 0.2) is 6.19 Å². The molecule has 2 aromatic heterocycles. The lowest BCUT2D eigenvalue weighted by Crippen LogP contribution is -2.07. The summed E-state index contributed by atoms with van der Waals surface area (Å²) in [5.41, 5.74) is 0. The molecule has 0 radical (unpaired) electrons. The van der Waals surface area contributed by atoms with Crippen LogP contribution in [0.25, 0.3) is 0 Å². The first-order valence-electron chi connectivity index (χ1n) is 5.65. The van der Waals surface area contributed by atoms with Crippen LogP contribution in [0.1, 0.15) is 10.7 Å². The van der Waals surface area contributed by atoms with Gasteiger partial charge in [-0.15, -0.1) is 11.3 Å². The first-order valence-corrected chi connectivity index (χ1v) is 7.32. The van der Waals surface area contributed by atoms with Gasteiger partial charge in [-0.25, -0.2) is 9.97 Å². The van der Waals surface area contributed by atoms with Crippen molar-refractivity contribution in [3.8, 4) is 6.19 Å². The van der Waals surface area contributed by atoms with E-state index in [-0.39, 0.29) is 0 Å². The minimum absolute atomic E-state index is 0.511. The van der Waals surface area contributed by atoms with Crippen molar-refractivity contribution in [1.82, 2.24) is 9.97 Å². The van der Waals surface area contributed by atoms with Gasteiger partial charge in [0.05, 0.1) is 0 Å². The summed E-state index contributed by atoms with van der Waals surface area (Å²) in [7, 11) is 0. The highest BCUT2D eigenvalue weighted by Gasteiger charge is 2.02. The van der Waals surface area contributed by atoms with E-state index in [1.807, 2.05) is 6.19 Å². The molecular formula is C12H12BrN5S. The summed E-state index contributed by atoms with van der Waals surface area (Å²) in [6.45, 7) is 2.58. The molecule has 0 aliphatic heterocycles. The highest BCUT2D eigenvalue weighted by molar-refractivity contribution is 9.10. The summed E-state index contributed by atoms with van der Waals surface area (Å²) in [6, 6.07) is 3.83. The van der Waals surface area contributed by atoms with E-state index < -0.39 is 0 Å². The van der Waals surface area contributed by atoms with Crippen LogP contribution in [0.5, 0.6) is 0 Å². The minimum atomic E-state index is 0.511. The maximum absolute atomic E-state index is 8.58. The molecule has 0 fully saturated rings. The summed E-state index contributed by atoms with van der Waals surface area (Å²) in [6.07, 6.45) is 2.78. The Morgan fingerprint density at radius 2 is 2.16 bits per heavy atom. The van der Waals surface area contributed by atoms with Crippen LogP contribution in [0.3, 0.4) is 0 Å². The summed E-state index contributed by atoms with van der Waals surface area (Å²) in [5, 5.41) is 16.4. The molecular weight excluding hydrogens is 326 g/mol. The molecule has 19 heavy (non-hydrogen) atoms. The Balaban J connectivity index is 1.94. The Morgan fingerprint density at radius 3 is 2.84 bits per heavy atom. The molecule has 0 saturated carbocycles. The Labute approximate surface area is 123 Å². The number of rotatable bonds is 5. The fourth-order valence-electron chi connectivity index (χ4n) is 1.58. The lowest BCUT2D eigenvalue weighted by atomic mass is 10.3. The molecule has 2 heterocycles. The maximum atomic E-state index is 8.58. The number of aryl methyl sites for hydroxylation is 1. The lowest BCUT2D eigenvalue weighted by Gasteiger charge is -2.06. The fraction of sp³-hybridized carbons (Fsp3) is 0.250. The fourth-order valence-corrected chi connectivity index (χ4v) is 3.03. The predicted octanol–water partition coefficient (Wildman–Crippen LogP) is 3.16. The van der Waals surface area contributed by atoms with Gasteiger partial charge in [-0.1, -0.05) is 0 Å². The number of nitriles is 1. The molecule has 0 unspecified atom stereocenters. The monoisotopic (exact) mass is 337 g/mol. The first-order chi connectivity index (χ1) is 9.17. The van der Waals surface area contributed by atoms with Gasteiger partial charge in [0, 0.05) is 27.3 Å². The van der Waals surface area contributed by atoms with Crippen LogP contribution in [0.2, 0.25) is 0 Å². The van der Waals surface area contributed by atoms with Crippen molar-refractivity contribution in [2.24, 2.45) is 0 Å². The minimum Gasteiger partial charge on any atom is -0.370 e. The second-order valence-electron chi connectivity index (χ2n) is 3.83. The number of aromatic nitrogens is 2. The number of halogens is 1. The van der Waals surface area contributed by atoms with Crippen LogP contribution in [-0.2, 0) is 6.42 Å². The van der Waals surface area contributed by atoms with Gasteiger partial charge in [0.1, 0.15) is 17.5 Å². The number of anilines is 2. The number of hydrogen-bond acceptors (Lipinski definition) is 6. The summed E-state index contributed by atoms with van der Waals surface area (Å²) < 4.78 is 1.12. The molecule has 0 bridgehead atoms. The van der Waals surface area contributed by atoms with Gasteiger partial charge in [0.2, 0.25) is 0 Å². The summed E-state index contributed by atoms with van der Waals surface area (Å²) in [5.74, 6) is 1.86. The third-order valence-electron chi connectivity index (χ3n) is 2.32. The number of thiophene rings is 1. The smallest absolute Gasteiger partial charge is 0.182 e. The molecule has 0 aromatic carbocycles. The second kappa shape index (κ2) is 6.50. The van der Waals surface area contributed by atoms with Crippen LogP contribution in [0.15, 0.2) is 22.0 Å². The molecule has 0 aliphatic rings. The van der Waals surface area contributed by atoms with E-state index in [0.29, 0.717) is 11.6 Å². The van der Waals surface area contributed by atoms with E-state index in [1.165, 1.54) is 4.88 Å². The molecule has 2 rings (SSSR count). The van der Waals surface area contributed by atoms with E-state index in [9.17, 15) is 0 Å². The van der Waals surface area contributed by atoms with Crippen LogP contribution < -0.4 is 10.6 Å². The van der Waals surface area contributed by atoms with E-state index in [1.54, 1.807) is 24.3 Å². The normalized spacial score (nSPS) is 9.95. The maximum Gasteiger partial charge on any atom is 0.182 e. The highest BCUT2D eigenvalue weighted by Crippen LogP contribution is 2.20. The standard InChI is InChI=1S/C12H12BrN5S/c1-8-17-11(5-12(18-8)16-7-14)15-3-2-10-4-9(13)6-19-10/h4-6H,2-3H2,1H3,(H2,15,16,17,18). The molecule has 0 atom stereocenters. The van der Waals surface area contributed by atoms with Crippen molar-refractivity contribution in [1.29, 1.82) is 5.26 Å². The average Bonchev–Trinajstić information content (AvgIpc) is 2.75. The molecule has 2 aromatic rings. The molecule has 2 N–H and O–H groups in total. The summed E-state index contributed by atoms with van der Waals surface area (Å²) >= 11 is 5.16. The Morgan fingerprint density at radius 1 is 1.37 bits per heavy atom. The Bertz CT molecular complexity index is 604. The predicted molar refractivity (Wildman–Crippen MR) is 80.2 cm³/mol. The Hall–Kier alpha value is -1.65. The van der Waals surface area contributed by atoms with Gasteiger partial charge in [0.25, 0.3) is 0 Å². The average molecular weight is 338 g/mol. The molecule has 0 saturated heterocycles. The SMILES string of the molecule is Cc1nc(NC#N)cc(NCCc2cc(Br)cs2)n1. The van der Waals surface area contributed by atoms with Gasteiger partial charge >= 0.3 is 0 Å². The van der Waals surface area contributed by atoms with Gasteiger partial charge < -0.3 is 5.32 Å². The van der Waals surface area contributed by atoms with Crippen molar-refractivity contribution in [3.63, 3.8) is 0 Å². The van der Waals surface area contributed by atoms with Crippen LogP contribution in [0, 0.1) is 18.4 Å². The van der Waals surface area contributed by atoms with Gasteiger partial charge in [-0.3, -0.25) is 5.32 Å². The molecule has 0 aliphatic carbocycles. The van der Waals surface area contributed by atoms with Crippen LogP contribution in [-0.4, -0.2) is 16.5 Å². The van der Waals surface area contributed by atoms with Crippen molar-refractivity contribution < 1.29 is 0 Å². The molecule has 0 spiro atoms. The zero-order chi connectivity index (χ0) is 13.7. The lowest BCUT2D eigenvalue weighted by molar-refractivity contribution is 0.995. The van der Waals surface area contributed by atoms with E-state index in [2.05, 4.69) is 48.0 Å². The number of nitrogens with one attached hydrogen (secondary N) is 2. The van der Waals surface area contributed by atoms with Crippen molar-refractivity contribution in [3.05, 3.63) is 32.7 Å². The zero-order valence-corrected chi connectivity index (χ0v) is 12.7. The third-order valence-corrected chi connectivity index (χ3v) is 4.08. The van der Waals surface area contributed by atoms with Gasteiger partial charge in [-0.2, -0.15) is 5.26 Å². The number of hydrogen-bond donors (Lipinski definition) is 2. The quantitative estimate of drug-likeness (QED) is 0.647. The van der Waals surface area contributed by atoms with Gasteiger partial charge in [-0.05, 0) is 35.3 Å². The first kappa shape index (κ1) is 13.8. The largest absolute Gasteiger partial charge is 0.370 e. The van der Waals surface area contributed by atoms with Crippen LogP contribution >= 0.6 is 27.3 Å².